The van der Waals surface area contributed by atoms with Crippen molar-refractivity contribution in [1.29, 1.82) is 0 Å². The van der Waals surface area contributed by atoms with Crippen LogP contribution in [0.5, 0.6) is 0 Å². The van der Waals surface area contributed by atoms with Crippen LogP contribution in [0.2, 0.25) is 0 Å². The first-order chi connectivity index (χ1) is 11.1. The predicted octanol–water partition coefficient (Wildman–Crippen LogP) is 2.94. The van der Waals surface area contributed by atoms with E-state index in [1.807, 2.05) is 6.07 Å². The standard InChI is InChI=1S/C17H21N3O2S/c18-17-16(7-4-12-19-17)13-8-10-15(11-9-13)23(21,22)20-14-5-2-1-3-6-14/h4,7-12,14,20H,1-3,5-6H2,(H2,18,19). The zero-order valence-electron chi connectivity index (χ0n) is 12.9. The molecular formula is C17H21N3O2S. The van der Waals surface area contributed by atoms with E-state index in [2.05, 4.69) is 9.71 Å². The van der Waals surface area contributed by atoms with Crippen LogP contribution >= 0.6 is 0 Å². The maximum Gasteiger partial charge on any atom is 0.240 e. The van der Waals surface area contributed by atoms with Gasteiger partial charge in [-0.1, -0.05) is 31.4 Å². The molecule has 0 aliphatic heterocycles. The predicted molar refractivity (Wildman–Crippen MR) is 91.3 cm³/mol. The third-order valence-electron chi connectivity index (χ3n) is 4.24. The van der Waals surface area contributed by atoms with E-state index in [0.29, 0.717) is 5.82 Å². The van der Waals surface area contributed by atoms with Crippen LogP contribution in [0.25, 0.3) is 11.1 Å². The lowest BCUT2D eigenvalue weighted by atomic mass is 9.96. The van der Waals surface area contributed by atoms with E-state index in [9.17, 15) is 8.42 Å². The van der Waals surface area contributed by atoms with Gasteiger partial charge in [-0.15, -0.1) is 0 Å². The molecule has 2 aromatic rings. The molecule has 0 radical (unpaired) electrons. The van der Waals surface area contributed by atoms with Crippen LogP contribution < -0.4 is 10.5 Å². The van der Waals surface area contributed by atoms with Crippen molar-refractivity contribution in [1.82, 2.24) is 9.71 Å². The van der Waals surface area contributed by atoms with Crippen molar-refractivity contribution in [3.8, 4) is 11.1 Å². The lowest BCUT2D eigenvalue weighted by Gasteiger charge is -2.22. The van der Waals surface area contributed by atoms with Crippen molar-refractivity contribution in [3.63, 3.8) is 0 Å². The molecule has 0 unspecified atom stereocenters. The van der Waals surface area contributed by atoms with Crippen LogP contribution in [0.4, 0.5) is 5.82 Å². The third kappa shape index (κ3) is 3.71. The minimum Gasteiger partial charge on any atom is -0.383 e. The number of anilines is 1. The zero-order chi connectivity index (χ0) is 16.3. The highest BCUT2D eigenvalue weighted by molar-refractivity contribution is 7.89. The summed E-state index contributed by atoms with van der Waals surface area (Å²) in [7, 11) is -3.47. The van der Waals surface area contributed by atoms with Crippen LogP contribution in [0.1, 0.15) is 32.1 Å². The van der Waals surface area contributed by atoms with Gasteiger partial charge >= 0.3 is 0 Å². The minimum absolute atomic E-state index is 0.0578. The molecule has 23 heavy (non-hydrogen) atoms. The Bertz CT molecular complexity index is 767. The van der Waals surface area contributed by atoms with E-state index in [4.69, 9.17) is 5.73 Å². The molecule has 1 heterocycles. The lowest BCUT2D eigenvalue weighted by molar-refractivity contribution is 0.412. The molecular weight excluding hydrogens is 310 g/mol. The number of hydrogen-bond donors (Lipinski definition) is 2. The Morgan fingerprint density at radius 2 is 1.74 bits per heavy atom. The zero-order valence-corrected chi connectivity index (χ0v) is 13.7. The van der Waals surface area contributed by atoms with Crippen LogP contribution in [0.3, 0.4) is 0 Å². The van der Waals surface area contributed by atoms with Gasteiger partial charge in [0.2, 0.25) is 10.0 Å². The molecule has 1 saturated carbocycles. The van der Waals surface area contributed by atoms with Crippen molar-refractivity contribution < 1.29 is 8.42 Å². The molecule has 0 amide bonds. The second-order valence-corrected chi connectivity index (χ2v) is 7.63. The van der Waals surface area contributed by atoms with E-state index in [-0.39, 0.29) is 10.9 Å². The fourth-order valence-corrected chi connectivity index (χ4v) is 4.29. The molecule has 0 atom stereocenters. The molecule has 3 rings (SSSR count). The van der Waals surface area contributed by atoms with Crippen molar-refractivity contribution in [3.05, 3.63) is 42.6 Å². The maximum atomic E-state index is 12.5. The molecule has 1 fully saturated rings. The summed E-state index contributed by atoms with van der Waals surface area (Å²) >= 11 is 0. The summed E-state index contributed by atoms with van der Waals surface area (Å²) < 4.78 is 27.8. The summed E-state index contributed by atoms with van der Waals surface area (Å²) in [5.74, 6) is 0.434. The van der Waals surface area contributed by atoms with Crippen LogP contribution in [0.15, 0.2) is 47.5 Å². The molecule has 1 aromatic carbocycles. The first kappa shape index (κ1) is 16.0. The second-order valence-electron chi connectivity index (χ2n) is 5.92. The summed E-state index contributed by atoms with van der Waals surface area (Å²) in [6.45, 7) is 0. The number of nitrogens with two attached hydrogens (primary N) is 1. The van der Waals surface area contributed by atoms with Crippen LogP contribution in [-0.4, -0.2) is 19.4 Å². The van der Waals surface area contributed by atoms with Crippen LogP contribution in [-0.2, 0) is 10.0 Å². The number of aromatic nitrogens is 1. The molecule has 1 aliphatic carbocycles. The van der Waals surface area contributed by atoms with Crippen molar-refractivity contribution >= 4 is 15.8 Å². The Balaban J connectivity index is 1.80. The van der Waals surface area contributed by atoms with Gasteiger partial charge in [0.25, 0.3) is 0 Å². The number of nitrogens with zero attached hydrogens (tertiary/aromatic N) is 1. The Hall–Kier alpha value is -1.92. The highest BCUT2D eigenvalue weighted by Crippen LogP contribution is 2.25. The number of nitrogen functional groups attached to an aromatic ring is 1. The average molecular weight is 331 g/mol. The first-order valence-corrected chi connectivity index (χ1v) is 9.38. The average Bonchev–Trinajstić information content (AvgIpc) is 2.56. The smallest absolute Gasteiger partial charge is 0.240 e. The van der Waals surface area contributed by atoms with E-state index < -0.39 is 10.0 Å². The van der Waals surface area contributed by atoms with Crippen molar-refractivity contribution in [2.45, 2.75) is 43.0 Å². The molecule has 1 aliphatic rings. The molecule has 5 nitrogen and oxygen atoms in total. The number of rotatable bonds is 4. The van der Waals surface area contributed by atoms with Gasteiger partial charge in [0.1, 0.15) is 5.82 Å². The number of nitrogens with one attached hydrogen (secondary N) is 1. The topological polar surface area (TPSA) is 85.1 Å². The number of hydrogen-bond acceptors (Lipinski definition) is 4. The number of pyridine rings is 1. The van der Waals surface area contributed by atoms with Gasteiger partial charge in [-0.2, -0.15) is 0 Å². The molecule has 3 N–H and O–H groups in total. The number of sulfonamides is 1. The van der Waals surface area contributed by atoms with Gasteiger partial charge < -0.3 is 5.73 Å². The van der Waals surface area contributed by atoms with Gasteiger partial charge in [-0.25, -0.2) is 18.1 Å². The molecule has 0 spiro atoms. The summed E-state index contributed by atoms with van der Waals surface area (Å²) in [5, 5.41) is 0. The van der Waals surface area contributed by atoms with Gasteiger partial charge in [0, 0.05) is 17.8 Å². The van der Waals surface area contributed by atoms with E-state index in [0.717, 1.165) is 36.8 Å². The third-order valence-corrected chi connectivity index (χ3v) is 5.78. The Kier molecular flexibility index (Phi) is 4.63. The van der Waals surface area contributed by atoms with Gasteiger partial charge in [-0.05, 0) is 42.7 Å². The Labute approximate surface area is 137 Å². The fraction of sp³-hybridized carbons (Fsp3) is 0.353. The van der Waals surface area contributed by atoms with Crippen molar-refractivity contribution in [2.24, 2.45) is 0 Å². The van der Waals surface area contributed by atoms with Gasteiger partial charge in [-0.3, -0.25) is 0 Å². The molecule has 0 saturated heterocycles. The fourth-order valence-electron chi connectivity index (χ4n) is 2.98. The number of benzene rings is 1. The summed E-state index contributed by atoms with van der Waals surface area (Å²) in [6.07, 6.45) is 6.84. The van der Waals surface area contributed by atoms with Gasteiger partial charge in [0.15, 0.2) is 0 Å². The van der Waals surface area contributed by atoms with Gasteiger partial charge in [0.05, 0.1) is 4.90 Å². The maximum absolute atomic E-state index is 12.5. The molecule has 6 heteroatoms. The monoisotopic (exact) mass is 331 g/mol. The summed E-state index contributed by atoms with van der Waals surface area (Å²) in [6, 6.07) is 10.5. The Morgan fingerprint density at radius 3 is 2.39 bits per heavy atom. The highest BCUT2D eigenvalue weighted by atomic mass is 32.2. The summed E-state index contributed by atoms with van der Waals surface area (Å²) in [5.41, 5.74) is 7.51. The van der Waals surface area contributed by atoms with Crippen molar-refractivity contribution in [2.75, 3.05) is 5.73 Å². The molecule has 122 valence electrons. The first-order valence-electron chi connectivity index (χ1n) is 7.89. The van der Waals surface area contributed by atoms with E-state index in [1.54, 1.807) is 36.5 Å². The minimum atomic E-state index is -3.47. The normalized spacial score (nSPS) is 16.3. The highest BCUT2D eigenvalue weighted by Gasteiger charge is 2.21. The quantitative estimate of drug-likeness (QED) is 0.902. The Morgan fingerprint density at radius 1 is 1.04 bits per heavy atom. The molecule has 0 bridgehead atoms. The van der Waals surface area contributed by atoms with Crippen LogP contribution in [0, 0.1) is 0 Å². The van der Waals surface area contributed by atoms with E-state index >= 15 is 0 Å². The largest absolute Gasteiger partial charge is 0.383 e. The van der Waals surface area contributed by atoms with E-state index in [1.165, 1.54) is 6.42 Å². The lowest BCUT2D eigenvalue weighted by Crippen LogP contribution is -2.36. The summed E-state index contributed by atoms with van der Waals surface area (Å²) in [4.78, 5) is 4.34. The second kappa shape index (κ2) is 6.68. The SMILES string of the molecule is Nc1ncccc1-c1ccc(S(=O)(=O)NC2CCCCC2)cc1. The molecule has 1 aromatic heterocycles.